The van der Waals surface area contributed by atoms with Gasteiger partial charge in [0.2, 0.25) is 0 Å². The number of pyridine rings is 1. The molecule has 156 valence electrons. The quantitative estimate of drug-likeness (QED) is 0.773. The van der Waals surface area contributed by atoms with E-state index < -0.39 is 5.56 Å². The molecule has 0 saturated carbocycles. The van der Waals surface area contributed by atoms with Gasteiger partial charge in [0.05, 0.1) is 23.2 Å². The largest absolute Gasteiger partial charge is 0.503 e. The summed E-state index contributed by atoms with van der Waals surface area (Å²) in [5, 5.41) is 11.2. The molecule has 1 amide bonds. The number of benzene rings is 1. The predicted octanol–water partition coefficient (Wildman–Crippen LogP) is 3.18. The normalized spacial score (nSPS) is 14.8. The molecule has 0 spiro atoms. The van der Waals surface area contributed by atoms with Gasteiger partial charge in [-0.15, -0.1) is 0 Å². The van der Waals surface area contributed by atoms with Crippen LogP contribution >= 0.6 is 23.2 Å². The van der Waals surface area contributed by atoms with E-state index in [1.165, 1.54) is 4.57 Å². The van der Waals surface area contributed by atoms with Crippen molar-refractivity contribution < 1.29 is 14.6 Å². The third-order valence-electron chi connectivity index (χ3n) is 4.89. The van der Waals surface area contributed by atoms with E-state index in [2.05, 4.69) is 4.90 Å². The molecular weight excluding hydrogens is 417 g/mol. The predicted molar refractivity (Wildman–Crippen MR) is 112 cm³/mol. The highest BCUT2D eigenvalue weighted by Crippen LogP contribution is 2.26. The lowest BCUT2D eigenvalue weighted by Crippen LogP contribution is -2.48. The molecule has 0 unspecified atom stereocenters. The number of ether oxygens (including phenoxy) is 1. The summed E-state index contributed by atoms with van der Waals surface area (Å²) in [5.41, 5.74) is 0.764. The Morgan fingerprint density at radius 3 is 2.52 bits per heavy atom. The lowest BCUT2D eigenvalue weighted by molar-refractivity contribution is 0.0776. The lowest BCUT2D eigenvalue weighted by Gasteiger charge is -2.34. The van der Waals surface area contributed by atoms with Gasteiger partial charge in [0.25, 0.3) is 5.56 Å². The first kappa shape index (κ1) is 21.5. The first-order chi connectivity index (χ1) is 13.9. The maximum atomic E-state index is 12.6. The molecule has 1 N–H and O–H groups in total. The van der Waals surface area contributed by atoms with Crippen LogP contribution in [-0.2, 0) is 17.8 Å². The fourth-order valence-corrected chi connectivity index (χ4v) is 3.63. The smallest absolute Gasteiger partial charge is 0.409 e. The molecule has 2 heterocycles. The van der Waals surface area contributed by atoms with E-state index in [4.69, 9.17) is 27.9 Å². The Balaban J connectivity index is 1.67. The summed E-state index contributed by atoms with van der Waals surface area (Å²) in [5.74, 6) is -0.279. The average molecular weight is 440 g/mol. The average Bonchev–Trinajstić information content (AvgIpc) is 2.71. The Morgan fingerprint density at radius 2 is 1.83 bits per heavy atom. The fourth-order valence-electron chi connectivity index (χ4n) is 3.25. The molecule has 9 heteroatoms. The number of rotatable bonds is 5. The van der Waals surface area contributed by atoms with Gasteiger partial charge in [0, 0.05) is 44.5 Å². The van der Waals surface area contributed by atoms with Gasteiger partial charge in [-0.05, 0) is 24.6 Å². The second-order valence-electron chi connectivity index (χ2n) is 6.80. The summed E-state index contributed by atoms with van der Waals surface area (Å²) < 4.78 is 6.41. The van der Waals surface area contributed by atoms with Crippen molar-refractivity contribution in [2.45, 2.75) is 20.0 Å². The molecule has 1 aromatic heterocycles. The summed E-state index contributed by atoms with van der Waals surface area (Å²) in [4.78, 5) is 28.1. The molecule has 3 rings (SSSR count). The topological polar surface area (TPSA) is 75.0 Å². The molecule has 0 atom stereocenters. The van der Waals surface area contributed by atoms with Crippen molar-refractivity contribution in [1.82, 2.24) is 14.4 Å². The number of piperazine rings is 1. The summed E-state index contributed by atoms with van der Waals surface area (Å²) in [7, 11) is 0. The van der Waals surface area contributed by atoms with E-state index >= 15 is 0 Å². The number of aromatic hydroxyl groups is 1. The molecule has 2 aromatic rings. The van der Waals surface area contributed by atoms with Crippen LogP contribution in [0.1, 0.15) is 18.1 Å². The Bertz CT molecular complexity index is 940. The number of carbonyl (C=O) groups is 1. The van der Waals surface area contributed by atoms with Crippen LogP contribution in [0.3, 0.4) is 0 Å². The van der Waals surface area contributed by atoms with Crippen LogP contribution < -0.4 is 5.56 Å². The van der Waals surface area contributed by atoms with Gasteiger partial charge in [0.1, 0.15) is 0 Å². The zero-order valence-electron chi connectivity index (χ0n) is 16.1. The number of hydrogen-bond donors (Lipinski definition) is 1. The third kappa shape index (κ3) is 5.04. The number of aromatic nitrogens is 1. The second-order valence-corrected chi connectivity index (χ2v) is 7.58. The molecule has 1 aliphatic heterocycles. The van der Waals surface area contributed by atoms with Gasteiger partial charge >= 0.3 is 6.09 Å². The zero-order valence-corrected chi connectivity index (χ0v) is 17.6. The molecular formula is C20H23Cl2N3O4. The Hall–Kier alpha value is -2.22. The SMILES string of the molecule is CCOC(=O)N1CCN(Cc2ccn(Cc3cccc(Cl)c3Cl)c(=O)c2O)CC1. The minimum atomic E-state index is -0.483. The van der Waals surface area contributed by atoms with Crippen LogP contribution in [-0.4, -0.2) is 58.4 Å². The van der Waals surface area contributed by atoms with E-state index in [9.17, 15) is 14.7 Å². The van der Waals surface area contributed by atoms with Gasteiger partial charge in [-0.25, -0.2) is 4.79 Å². The lowest BCUT2D eigenvalue weighted by atomic mass is 10.2. The molecule has 7 nitrogen and oxygen atoms in total. The van der Waals surface area contributed by atoms with Crippen LogP contribution in [0.25, 0.3) is 0 Å². The van der Waals surface area contributed by atoms with Crippen molar-refractivity contribution in [2.75, 3.05) is 32.8 Å². The minimum Gasteiger partial charge on any atom is -0.503 e. The van der Waals surface area contributed by atoms with Crippen molar-refractivity contribution in [3.05, 3.63) is 62.0 Å². The second kappa shape index (κ2) is 9.52. The van der Waals surface area contributed by atoms with Gasteiger partial charge in [-0.3, -0.25) is 9.69 Å². The van der Waals surface area contributed by atoms with Gasteiger partial charge in [0.15, 0.2) is 5.75 Å². The highest BCUT2D eigenvalue weighted by Gasteiger charge is 2.23. The van der Waals surface area contributed by atoms with E-state index in [-0.39, 0.29) is 18.4 Å². The molecule has 1 aromatic carbocycles. The van der Waals surface area contributed by atoms with E-state index in [0.717, 1.165) is 0 Å². The standard InChI is InChI=1S/C20H23Cl2N3O4/c1-2-29-20(28)24-10-8-23(9-11-24)12-15-6-7-25(19(27)18(15)26)13-14-4-3-5-16(21)17(14)22/h3-7,26H,2,8-13H2,1H3. The number of amides is 1. The molecule has 1 aliphatic rings. The Morgan fingerprint density at radius 1 is 1.10 bits per heavy atom. The number of nitrogens with zero attached hydrogens (tertiary/aromatic N) is 3. The molecule has 1 fully saturated rings. The molecule has 1 saturated heterocycles. The maximum Gasteiger partial charge on any atom is 0.409 e. The van der Waals surface area contributed by atoms with Crippen LogP contribution in [0.5, 0.6) is 5.75 Å². The van der Waals surface area contributed by atoms with Gasteiger partial charge < -0.3 is 19.3 Å². The zero-order chi connectivity index (χ0) is 21.0. The fraction of sp³-hybridized carbons (Fsp3) is 0.400. The number of carbonyl (C=O) groups excluding carboxylic acids is 1. The molecule has 0 bridgehead atoms. The van der Waals surface area contributed by atoms with E-state index in [0.29, 0.717) is 60.5 Å². The first-order valence-electron chi connectivity index (χ1n) is 9.39. The first-order valence-corrected chi connectivity index (χ1v) is 10.1. The Labute approximate surface area is 179 Å². The van der Waals surface area contributed by atoms with Crippen molar-refractivity contribution in [1.29, 1.82) is 0 Å². The van der Waals surface area contributed by atoms with Crippen molar-refractivity contribution in [3.8, 4) is 5.75 Å². The van der Waals surface area contributed by atoms with Gasteiger partial charge in [-0.1, -0.05) is 35.3 Å². The van der Waals surface area contributed by atoms with Crippen molar-refractivity contribution >= 4 is 29.3 Å². The van der Waals surface area contributed by atoms with Crippen LogP contribution in [0.4, 0.5) is 4.79 Å². The summed E-state index contributed by atoms with van der Waals surface area (Å²) in [6.07, 6.45) is 1.33. The minimum absolute atomic E-state index is 0.213. The Kier molecular flexibility index (Phi) is 7.05. The van der Waals surface area contributed by atoms with Crippen LogP contribution in [0.15, 0.2) is 35.3 Å². The molecule has 0 radical (unpaired) electrons. The molecule has 29 heavy (non-hydrogen) atoms. The van der Waals surface area contributed by atoms with Crippen LogP contribution in [0, 0.1) is 0 Å². The van der Waals surface area contributed by atoms with E-state index in [1.807, 2.05) is 0 Å². The van der Waals surface area contributed by atoms with E-state index in [1.54, 1.807) is 42.3 Å². The van der Waals surface area contributed by atoms with Crippen molar-refractivity contribution in [2.24, 2.45) is 0 Å². The van der Waals surface area contributed by atoms with Crippen LogP contribution in [0.2, 0.25) is 10.0 Å². The maximum absolute atomic E-state index is 12.6. The highest BCUT2D eigenvalue weighted by molar-refractivity contribution is 6.42. The van der Waals surface area contributed by atoms with Crippen molar-refractivity contribution in [3.63, 3.8) is 0 Å². The van der Waals surface area contributed by atoms with Gasteiger partial charge in [-0.2, -0.15) is 0 Å². The number of hydrogen-bond acceptors (Lipinski definition) is 5. The summed E-state index contributed by atoms with van der Waals surface area (Å²) in [6, 6.07) is 6.96. The highest BCUT2D eigenvalue weighted by atomic mass is 35.5. The monoisotopic (exact) mass is 439 g/mol. The number of halogens is 2. The summed E-state index contributed by atoms with van der Waals surface area (Å²) in [6.45, 7) is 5.14. The molecule has 0 aliphatic carbocycles. The summed E-state index contributed by atoms with van der Waals surface area (Å²) >= 11 is 12.2. The third-order valence-corrected chi connectivity index (χ3v) is 5.75.